The molecule has 7 nitrogen and oxygen atoms in total. The topological polar surface area (TPSA) is 88.5 Å². The van der Waals surface area contributed by atoms with Crippen LogP contribution in [0.5, 0.6) is 0 Å². The summed E-state index contributed by atoms with van der Waals surface area (Å²) < 4.78 is 5.13. The van der Waals surface area contributed by atoms with Gasteiger partial charge in [-0.2, -0.15) is 4.98 Å². The molecular weight excluding hydrogens is 377 g/mol. The first-order valence-corrected chi connectivity index (χ1v) is 8.26. The van der Waals surface area contributed by atoms with Crippen LogP contribution in [-0.2, 0) is 13.0 Å². The monoisotopic (exact) mass is 401 g/mol. The molecule has 1 aliphatic rings. The first-order chi connectivity index (χ1) is 11.6. The van der Waals surface area contributed by atoms with Crippen LogP contribution < -0.4 is 5.73 Å². The summed E-state index contributed by atoms with van der Waals surface area (Å²) in [5.74, 6) is 1.42. The molecule has 144 valence electrons. The fourth-order valence-corrected chi connectivity index (χ4v) is 2.85. The maximum atomic E-state index is 12.7. The van der Waals surface area contributed by atoms with Crippen molar-refractivity contribution in [2.24, 2.45) is 0 Å². The molecule has 0 atom stereocenters. The second kappa shape index (κ2) is 9.75. The van der Waals surface area contributed by atoms with E-state index in [0.29, 0.717) is 42.6 Å². The zero-order valence-electron chi connectivity index (χ0n) is 15.0. The van der Waals surface area contributed by atoms with Crippen LogP contribution in [0.1, 0.15) is 34.6 Å². The number of hydrogen-bond donors (Lipinski definition) is 1. The molecule has 0 radical (unpaired) electrons. The normalized spacial score (nSPS) is 14.5. The fourth-order valence-electron chi connectivity index (χ4n) is 2.85. The van der Waals surface area contributed by atoms with Crippen molar-refractivity contribution in [1.29, 1.82) is 0 Å². The van der Waals surface area contributed by atoms with Gasteiger partial charge >= 0.3 is 0 Å². The van der Waals surface area contributed by atoms with E-state index in [1.807, 2.05) is 30.9 Å². The Balaban J connectivity index is 0.00000169. The molecule has 1 saturated heterocycles. The number of piperazine rings is 1. The van der Waals surface area contributed by atoms with Crippen molar-refractivity contribution in [1.82, 2.24) is 19.9 Å². The molecule has 2 heterocycles. The predicted octanol–water partition coefficient (Wildman–Crippen LogP) is 2.32. The molecule has 0 saturated carbocycles. The van der Waals surface area contributed by atoms with Gasteiger partial charge in [0.15, 0.2) is 5.82 Å². The van der Waals surface area contributed by atoms with Crippen molar-refractivity contribution < 1.29 is 9.32 Å². The lowest BCUT2D eigenvalue weighted by Gasteiger charge is -2.34. The van der Waals surface area contributed by atoms with Gasteiger partial charge in [-0.05, 0) is 24.6 Å². The minimum absolute atomic E-state index is 0. The molecule has 0 aliphatic carbocycles. The first-order valence-electron chi connectivity index (χ1n) is 8.26. The Morgan fingerprint density at radius 3 is 2.54 bits per heavy atom. The SMILES string of the molecule is CCc1nc(CN2CCN(C(=O)c3cc(N)ccc3C)CC2)no1.Cl.Cl. The fraction of sp³-hybridized carbons (Fsp3) is 0.471. The van der Waals surface area contributed by atoms with Gasteiger partial charge in [0.1, 0.15) is 0 Å². The molecule has 0 spiro atoms. The van der Waals surface area contributed by atoms with Gasteiger partial charge in [0.05, 0.1) is 6.54 Å². The average molecular weight is 402 g/mol. The van der Waals surface area contributed by atoms with Gasteiger partial charge in [-0.25, -0.2) is 0 Å². The minimum atomic E-state index is 0. The van der Waals surface area contributed by atoms with E-state index in [9.17, 15) is 4.79 Å². The smallest absolute Gasteiger partial charge is 0.254 e. The van der Waals surface area contributed by atoms with Crippen LogP contribution in [0.4, 0.5) is 5.69 Å². The molecule has 2 aromatic rings. The van der Waals surface area contributed by atoms with Gasteiger partial charge < -0.3 is 15.2 Å². The third kappa shape index (κ3) is 5.09. The summed E-state index contributed by atoms with van der Waals surface area (Å²) in [7, 11) is 0. The molecule has 1 aromatic carbocycles. The van der Waals surface area contributed by atoms with Gasteiger partial charge in [-0.15, -0.1) is 24.8 Å². The maximum absolute atomic E-state index is 12.7. The highest BCUT2D eigenvalue weighted by molar-refractivity contribution is 5.96. The van der Waals surface area contributed by atoms with Crippen molar-refractivity contribution in [3.05, 3.63) is 41.0 Å². The first kappa shape index (κ1) is 22.2. The van der Waals surface area contributed by atoms with E-state index < -0.39 is 0 Å². The van der Waals surface area contributed by atoms with Gasteiger partial charge in [0, 0.05) is 43.9 Å². The van der Waals surface area contributed by atoms with Gasteiger partial charge in [0.25, 0.3) is 5.91 Å². The highest BCUT2D eigenvalue weighted by Crippen LogP contribution is 2.17. The van der Waals surface area contributed by atoms with Crippen LogP contribution in [0.15, 0.2) is 22.7 Å². The molecule has 9 heteroatoms. The number of rotatable bonds is 4. The van der Waals surface area contributed by atoms with Crippen LogP contribution in [-0.4, -0.2) is 52.0 Å². The highest BCUT2D eigenvalue weighted by Gasteiger charge is 2.24. The minimum Gasteiger partial charge on any atom is -0.399 e. The standard InChI is InChI=1S/C17H23N5O2.2ClH/c1-3-16-19-15(20-24-16)11-21-6-8-22(9-7-21)17(23)14-10-13(18)5-4-12(14)2;;/h4-5,10H,3,6-9,11,18H2,1-2H3;2*1H. The summed E-state index contributed by atoms with van der Waals surface area (Å²) in [6, 6.07) is 5.47. The summed E-state index contributed by atoms with van der Waals surface area (Å²) in [6.07, 6.45) is 0.745. The second-order valence-electron chi connectivity index (χ2n) is 6.10. The summed E-state index contributed by atoms with van der Waals surface area (Å²) in [4.78, 5) is 21.1. The Hall–Kier alpha value is -1.83. The number of carbonyl (C=O) groups is 1. The van der Waals surface area contributed by atoms with E-state index in [0.717, 1.165) is 25.1 Å². The Morgan fingerprint density at radius 2 is 1.92 bits per heavy atom. The van der Waals surface area contributed by atoms with Crippen molar-refractivity contribution in [2.75, 3.05) is 31.9 Å². The number of hydrogen-bond acceptors (Lipinski definition) is 6. The Morgan fingerprint density at radius 1 is 1.23 bits per heavy atom. The number of aryl methyl sites for hydroxylation is 2. The lowest BCUT2D eigenvalue weighted by molar-refractivity contribution is 0.0623. The molecule has 1 aromatic heterocycles. The summed E-state index contributed by atoms with van der Waals surface area (Å²) in [5.41, 5.74) is 8.07. The van der Waals surface area contributed by atoms with Crippen molar-refractivity contribution >= 4 is 36.4 Å². The molecule has 1 aliphatic heterocycles. The lowest BCUT2D eigenvalue weighted by atomic mass is 10.1. The molecule has 3 rings (SSSR count). The zero-order valence-corrected chi connectivity index (χ0v) is 16.6. The maximum Gasteiger partial charge on any atom is 0.254 e. The van der Waals surface area contributed by atoms with Gasteiger partial charge in [-0.1, -0.05) is 18.1 Å². The van der Waals surface area contributed by atoms with Gasteiger partial charge in [-0.3, -0.25) is 9.69 Å². The van der Waals surface area contributed by atoms with E-state index in [-0.39, 0.29) is 30.7 Å². The number of anilines is 1. The van der Waals surface area contributed by atoms with Crippen LogP contribution in [0, 0.1) is 6.92 Å². The quantitative estimate of drug-likeness (QED) is 0.790. The highest BCUT2D eigenvalue weighted by atomic mass is 35.5. The predicted molar refractivity (Wildman–Crippen MR) is 105 cm³/mol. The Labute approximate surface area is 165 Å². The van der Waals surface area contributed by atoms with Crippen LogP contribution in [0.2, 0.25) is 0 Å². The number of nitrogens with zero attached hydrogens (tertiary/aromatic N) is 4. The number of benzene rings is 1. The van der Waals surface area contributed by atoms with E-state index in [4.69, 9.17) is 10.3 Å². The molecular formula is C17H25Cl2N5O2. The van der Waals surface area contributed by atoms with Crippen LogP contribution >= 0.6 is 24.8 Å². The number of aromatic nitrogens is 2. The number of amides is 1. The summed E-state index contributed by atoms with van der Waals surface area (Å²) in [6.45, 7) is 7.54. The Bertz CT molecular complexity index is 730. The van der Waals surface area contributed by atoms with E-state index in [2.05, 4.69) is 15.0 Å². The molecule has 0 bridgehead atoms. The van der Waals surface area contributed by atoms with Gasteiger partial charge in [0.2, 0.25) is 5.89 Å². The van der Waals surface area contributed by atoms with E-state index in [1.54, 1.807) is 6.07 Å². The molecule has 2 N–H and O–H groups in total. The van der Waals surface area contributed by atoms with Crippen LogP contribution in [0.3, 0.4) is 0 Å². The lowest BCUT2D eigenvalue weighted by Crippen LogP contribution is -2.48. The molecule has 0 unspecified atom stereocenters. The number of nitrogen functional groups attached to an aromatic ring is 1. The molecule has 1 amide bonds. The molecule has 1 fully saturated rings. The largest absolute Gasteiger partial charge is 0.399 e. The number of carbonyl (C=O) groups excluding carboxylic acids is 1. The van der Waals surface area contributed by atoms with Crippen molar-refractivity contribution in [3.8, 4) is 0 Å². The van der Waals surface area contributed by atoms with E-state index in [1.165, 1.54) is 0 Å². The zero-order chi connectivity index (χ0) is 17.1. The third-order valence-corrected chi connectivity index (χ3v) is 4.33. The molecule has 26 heavy (non-hydrogen) atoms. The summed E-state index contributed by atoms with van der Waals surface area (Å²) >= 11 is 0. The Kier molecular flexibility index (Phi) is 8.33. The average Bonchev–Trinajstić information content (AvgIpc) is 3.05. The van der Waals surface area contributed by atoms with Crippen LogP contribution in [0.25, 0.3) is 0 Å². The van der Waals surface area contributed by atoms with Crippen molar-refractivity contribution in [2.45, 2.75) is 26.8 Å². The van der Waals surface area contributed by atoms with E-state index >= 15 is 0 Å². The number of nitrogens with two attached hydrogens (primary N) is 1. The summed E-state index contributed by atoms with van der Waals surface area (Å²) in [5, 5.41) is 3.98. The number of halogens is 2. The van der Waals surface area contributed by atoms with Crippen molar-refractivity contribution in [3.63, 3.8) is 0 Å². The third-order valence-electron chi connectivity index (χ3n) is 4.33. The second-order valence-corrected chi connectivity index (χ2v) is 6.10.